The second-order valence-corrected chi connectivity index (χ2v) is 5.76. The van der Waals surface area contributed by atoms with E-state index in [-0.39, 0.29) is 12.1 Å². The van der Waals surface area contributed by atoms with Gasteiger partial charge in [0.2, 0.25) is 0 Å². The third-order valence-electron chi connectivity index (χ3n) is 4.30. The maximum Gasteiger partial charge on any atom is 0.321 e. The molecule has 1 aliphatic rings. The lowest BCUT2D eigenvalue weighted by molar-refractivity contribution is 0.00663. The summed E-state index contributed by atoms with van der Waals surface area (Å²) in [6, 6.07) is 3.60. The number of pyridine rings is 1. The Balaban J connectivity index is 1.66. The van der Waals surface area contributed by atoms with E-state index in [2.05, 4.69) is 29.0 Å². The van der Waals surface area contributed by atoms with E-state index in [4.69, 9.17) is 4.74 Å². The van der Waals surface area contributed by atoms with Crippen molar-refractivity contribution in [3.05, 3.63) is 24.5 Å². The topological polar surface area (TPSA) is 57.7 Å². The van der Waals surface area contributed by atoms with Gasteiger partial charge in [-0.05, 0) is 38.1 Å². The van der Waals surface area contributed by atoms with Crippen molar-refractivity contribution in [1.29, 1.82) is 0 Å². The molecule has 1 aromatic heterocycles. The number of carbonyl (C=O) groups is 1. The molecular formula is C17H28N4O2. The zero-order chi connectivity index (χ0) is 16.5. The third kappa shape index (κ3) is 5.80. The molecule has 0 radical (unpaired) electrons. The number of rotatable bonds is 7. The average Bonchev–Trinajstić information content (AvgIpc) is 2.60. The van der Waals surface area contributed by atoms with Crippen LogP contribution in [0.4, 0.5) is 10.5 Å². The highest BCUT2D eigenvalue weighted by Crippen LogP contribution is 2.15. The molecule has 2 heterocycles. The number of hydrogen-bond acceptors (Lipinski definition) is 4. The summed E-state index contributed by atoms with van der Waals surface area (Å²) in [6.45, 7) is 9.69. The lowest BCUT2D eigenvalue weighted by Gasteiger charge is -2.32. The third-order valence-corrected chi connectivity index (χ3v) is 4.30. The summed E-state index contributed by atoms with van der Waals surface area (Å²) in [5, 5.41) is 2.88. The number of urea groups is 1. The fourth-order valence-electron chi connectivity index (χ4n) is 2.75. The molecule has 0 aliphatic carbocycles. The molecule has 2 amide bonds. The summed E-state index contributed by atoms with van der Waals surface area (Å²) >= 11 is 0. The van der Waals surface area contributed by atoms with E-state index in [1.165, 1.54) is 0 Å². The lowest BCUT2D eigenvalue weighted by atomic mass is 10.1. The first kappa shape index (κ1) is 17.7. The van der Waals surface area contributed by atoms with Crippen molar-refractivity contribution in [3.63, 3.8) is 0 Å². The van der Waals surface area contributed by atoms with Crippen LogP contribution >= 0.6 is 0 Å². The summed E-state index contributed by atoms with van der Waals surface area (Å²) in [6.07, 6.45) is 5.42. The second kappa shape index (κ2) is 9.47. The Kier molecular flexibility index (Phi) is 7.29. The molecule has 0 atom stereocenters. The van der Waals surface area contributed by atoms with Gasteiger partial charge in [-0.2, -0.15) is 0 Å². The van der Waals surface area contributed by atoms with E-state index in [1.54, 1.807) is 12.4 Å². The van der Waals surface area contributed by atoms with Crippen molar-refractivity contribution in [2.75, 3.05) is 44.6 Å². The number of likely N-dealkylation sites (N-methyl/N-ethyl adjacent to an activating group) is 1. The van der Waals surface area contributed by atoms with Crippen molar-refractivity contribution in [1.82, 2.24) is 14.8 Å². The van der Waals surface area contributed by atoms with Gasteiger partial charge in [0.1, 0.15) is 0 Å². The molecule has 6 heteroatoms. The Bertz CT molecular complexity index is 457. The Morgan fingerprint density at radius 1 is 1.39 bits per heavy atom. The van der Waals surface area contributed by atoms with Crippen LogP contribution in [-0.2, 0) is 4.74 Å². The molecule has 1 aliphatic heterocycles. The van der Waals surface area contributed by atoms with Crippen LogP contribution in [-0.4, -0.2) is 66.2 Å². The smallest absolute Gasteiger partial charge is 0.321 e. The van der Waals surface area contributed by atoms with Crippen LogP contribution in [0.5, 0.6) is 0 Å². The van der Waals surface area contributed by atoms with Gasteiger partial charge in [-0.3, -0.25) is 4.98 Å². The van der Waals surface area contributed by atoms with E-state index >= 15 is 0 Å². The highest BCUT2D eigenvalue weighted by Gasteiger charge is 2.23. The van der Waals surface area contributed by atoms with Crippen LogP contribution in [0.3, 0.4) is 0 Å². The minimum absolute atomic E-state index is 0.0559. The van der Waals surface area contributed by atoms with E-state index < -0.39 is 0 Å². The zero-order valence-electron chi connectivity index (χ0n) is 14.2. The van der Waals surface area contributed by atoms with Gasteiger partial charge in [0.15, 0.2) is 0 Å². The Labute approximate surface area is 138 Å². The predicted molar refractivity (Wildman–Crippen MR) is 91.6 cm³/mol. The lowest BCUT2D eigenvalue weighted by Crippen LogP contribution is -2.43. The molecule has 2 rings (SSSR count). The van der Waals surface area contributed by atoms with Crippen molar-refractivity contribution in [2.24, 2.45) is 0 Å². The molecule has 1 aromatic rings. The average molecular weight is 320 g/mol. The van der Waals surface area contributed by atoms with Crippen molar-refractivity contribution in [2.45, 2.75) is 32.8 Å². The Morgan fingerprint density at radius 2 is 2.13 bits per heavy atom. The first-order valence-corrected chi connectivity index (χ1v) is 8.52. The first-order chi connectivity index (χ1) is 11.2. The number of hydrogen-bond donors (Lipinski definition) is 1. The fourth-order valence-corrected chi connectivity index (χ4v) is 2.75. The predicted octanol–water partition coefficient (Wildman–Crippen LogP) is 2.44. The minimum atomic E-state index is -0.0559. The summed E-state index contributed by atoms with van der Waals surface area (Å²) in [5.41, 5.74) is 0.732. The molecule has 1 saturated heterocycles. The van der Waals surface area contributed by atoms with Crippen LogP contribution in [0.1, 0.15) is 26.7 Å². The van der Waals surface area contributed by atoms with Crippen molar-refractivity contribution in [3.8, 4) is 0 Å². The monoisotopic (exact) mass is 320 g/mol. The van der Waals surface area contributed by atoms with Gasteiger partial charge in [0, 0.05) is 25.8 Å². The van der Waals surface area contributed by atoms with Gasteiger partial charge in [-0.25, -0.2) is 4.79 Å². The number of aromatic nitrogens is 1. The molecule has 1 fully saturated rings. The van der Waals surface area contributed by atoms with Crippen LogP contribution in [0.2, 0.25) is 0 Å². The molecule has 6 nitrogen and oxygen atoms in total. The molecule has 0 spiro atoms. The summed E-state index contributed by atoms with van der Waals surface area (Å²) in [5.74, 6) is 0. The maximum absolute atomic E-state index is 12.2. The quantitative estimate of drug-likeness (QED) is 0.838. The zero-order valence-corrected chi connectivity index (χ0v) is 14.2. The molecular weight excluding hydrogens is 292 g/mol. The van der Waals surface area contributed by atoms with Gasteiger partial charge in [0.05, 0.1) is 24.6 Å². The van der Waals surface area contributed by atoms with Gasteiger partial charge in [-0.1, -0.05) is 13.8 Å². The van der Waals surface area contributed by atoms with E-state index in [0.717, 1.165) is 57.9 Å². The first-order valence-electron chi connectivity index (χ1n) is 8.52. The number of ether oxygens (including phenoxy) is 1. The highest BCUT2D eigenvalue weighted by atomic mass is 16.5. The van der Waals surface area contributed by atoms with Crippen LogP contribution in [0.15, 0.2) is 24.5 Å². The molecule has 0 bridgehead atoms. The van der Waals surface area contributed by atoms with Crippen LogP contribution in [0, 0.1) is 0 Å². The molecule has 23 heavy (non-hydrogen) atoms. The number of carbonyl (C=O) groups excluding carboxylic acids is 1. The number of nitrogens with zero attached hydrogens (tertiary/aromatic N) is 3. The summed E-state index contributed by atoms with van der Waals surface area (Å²) in [7, 11) is 0. The highest BCUT2D eigenvalue weighted by molar-refractivity contribution is 5.89. The standard InChI is InChI=1S/C17H28N4O2/c1-3-20(4-2)12-13-23-16-7-10-21(11-8-16)17(22)19-15-6-5-9-18-14-15/h5-6,9,14,16H,3-4,7-8,10-13H2,1-2H3,(H,19,22). The van der Waals surface area contributed by atoms with Crippen molar-refractivity contribution >= 4 is 11.7 Å². The molecule has 1 N–H and O–H groups in total. The molecule has 128 valence electrons. The van der Waals surface area contributed by atoms with E-state index in [0.29, 0.717) is 0 Å². The second-order valence-electron chi connectivity index (χ2n) is 5.76. The Morgan fingerprint density at radius 3 is 2.74 bits per heavy atom. The van der Waals surface area contributed by atoms with E-state index in [9.17, 15) is 4.79 Å². The van der Waals surface area contributed by atoms with Gasteiger partial charge >= 0.3 is 6.03 Å². The fraction of sp³-hybridized carbons (Fsp3) is 0.647. The SMILES string of the molecule is CCN(CC)CCOC1CCN(C(=O)Nc2cccnc2)CC1. The van der Waals surface area contributed by atoms with Crippen molar-refractivity contribution < 1.29 is 9.53 Å². The number of anilines is 1. The minimum Gasteiger partial charge on any atom is -0.377 e. The normalized spacial score (nSPS) is 15.9. The number of nitrogens with one attached hydrogen (secondary N) is 1. The largest absolute Gasteiger partial charge is 0.377 e. The summed E-state index contributed by atoms with van der Waals surface area (Å²) in [4.78, 5) is 20.4. The maximum atomic E-state index is 12.2. The van der Waals surface area contributed by atoms with Crippen LogP contribution in [0.25, 0.3) is 0 Å². The number of likely N-dealkylation sites (tertiary alicyclic amines) is 1. The van der Waals surface area contributed by atoms with Gasteiger partial charge < -0.3 is 19.9 Å². The summed E-state index contributed by atoms with van der Waals surface area (Å²) < 4.78 is 5.95. The molecule has 0 aromatic carbocycles. The number of piperidine rings is 1. The molecule has 0 saturated carbocycles. The van der Waals surface area contributed by atoms with Crippen LogP contribution < -0.4 is 5.32 Å². The van der Waals surface area contributed by atoms with Gasteiger partial charge in [0.25, 0.3) is 0 Å². The van der Waals surface area contributed by atoms with Gasteiger partial charge in [-0.15, -0.1) is 0 Å². The number of amides is 2. The Hall–Kier alpha value is -1.66. The van der Waals surface area contributed by atoms with E-state index in [1.807, 2.05) is 17.0 Å². The molecule has 0 unspecified atom stereocenters.